The largest absolute Gasteiger partial charge is 0.457 e. The van der Waals surface area contributed by atoms with E-state index in [4.69, 9.17) is 4.42 Å². The molecule has 0 fully saturated rings. The van der Waals surface area contributed by atoms with Crippen LogP contribution in [0.4, 0.5) is 5.13 Å². The monoisotopic (exact) mass is 336 g/mol. The van der Waals surface area contributed by atoms with Crippen molar-refractivity contribution in [2.24, 2.45) is 0 Å². The van der Waals surface area contributed by atoms with Crippen LogP contribution in [0.3, 0.4) is 0 Å². The van der Waals surface area contributed by atoms with Crippen molar-refractivity contribution in [2.45, 2.75) is 6.92 Å². The van der Waals surface area contributed by atoms with Crippen LogP contribution in [-0.4, -0.2) is 10.9 Å². The molecule has 2 aromatic heterocycles. The van der Waals surface area contributed by atoms with Gasteiger partial charge in [0.15, 0.2) is 9.80 Å². The average molecular weight is 337 g/mol. The second-order valence-corrected chi connectivity index (χ2v) is 5.80. The highest BCUT2D eigenvalue weighted by Gasteiger charge is 2.14. The number of aromatic nitrogens is 1. The lowest BCUT2D eigenvalue weighted by Crippen LogP contribution is -2.11. The number of rotatable bonds is 2. The van der Waals surface area contributed by atoms with Crippen LogP contribution < -0.4 is 5.32 Å². The maximum absolute atomic E-state index is 12.0. The summed E-state index contributed by atoms with van der Waals surface area (Å²) in [7, 11) is 0. The number of aryl methyl sites for hydroxylation is 1. The normalized spacial score (nSPS) is 10.8. The van der Waals surface area contributed by atoms with Crippen molar-refractivity contribution in [1.82, 2.24) is 4.98 Å². The van der Waals surface area contributed by atoms with E-state index in [1.807, 2.05) is 19.1 Å². The number of benzene rings is 1. The lowest BCUT2D eigenvalue weighted by Gasteiger charge is -1.98. The predicted molar refractivity (Wildman–Crippen MR) is 78.7 cm³/mol. The molecule has 0 aliphatic heterocycles. The summed E-state index contributed by atoms with van der Waals surface area (Å²) in [6, 6.07) is 7.61. The van der Waals surface area contributed by atoms with Gasteiger partial charge in [-0.25, -0.2) is 4.98 Å². The fraction of sp³-hybridized carbons (Fsp3) is 0.0769. The Bertz CT molecular complexity index is 763. The number of anilines is 1. The highest BCUT2D eigenvalue weighted by molar-refractivity contribution is 9.10. The van der Waals surface area contributed by atoms with E-state index in [0.717, 1.165) is 10.2 Å². The van der Waals surface area contributed by atoms with Gasteiger partial charge in [-0.1, -0.05) is 17.4 Å². The fourth-order valence-corrected chi connectivity index (χ4v) is 3.08. The molecule has 0 saturated heterocycles. The van der Waals surface area contributed by atoms with Gasteiger partial charge in [0.2, 0.25) is 0 Å². The van der Waals surface area contributed by atoms with E-state index in [1.165, 1.54) is 23.2 Å². The molecule has 0 aliphatic rings. The smallest absolute Gasteiger partial charge is 0.261 e. The van der Waals surface area contributed by atoms with Gasteiger partial charge in [0.05, 0.1) is 22.0 Å². The van der Waals surface area contributed by atoms with Gasteiger partial charge in [-0.2, -0.15) is 0 Å². The van der Waals surface area contributed by atoms with Crippen molar-refractivity contribution in [2.75, 3.05) is 5.32 Å². The number of amides is 1. The Morgan fingerprint density at radius 2 is 2.26 bits per heavy atom. The maximum Gasteiger partial charge on any atom is 0.261 e. The van der Waals surface area contributed by atoms with Crippen molar-refractivity contribution in [3.63, 3.8) is 0 Å². The second-order valence-electron chi connectivity index (χ2n) is 4.05. The minimum atomic E-state index is -0.239. The molecule has 0 radical (unpaired) electrons. The summed E-state index contributed by atoms with van der Waals surface area (Å²) in [5.41, 5.74) is 2.51. The van der Waals surface area contributed by atoms with Crippen LogP contribution in [0.2, 0.25) is 0 Å². The van der Waals surface area contributed by atoms with Gasteiger partial charge in [0.25, 0.3) is 5.91 Å². The first kappa shape index (κ1) is 12.4. The third-order valence-electron chi connectivity index (χ3n) is 2.63. The minimum Gasteiger partial charge on any atom is -0.457 e. The van der Waals surface area contributed by atoms with Gasteiger partial charge >= 0.3 is 0 Å². The molecule has 0 bridgehead atoms. The quantitative estimate of drug-likeness (QED) is 0.762. The molecule has 0 unspecified atom stereocenters. The summed E-state index contributed by atoms with van der Waals surface area (Å²) >= 11 is 4.63. The van der Waals surface area contributed by atoms with E-state index in [9.17, 15) is 4.79 Å². The molecule has 0 atom stereocenters. The summed E-state index contributed by atoms with van der Waals surface area (Å²) in [5.74, 6) is -0.239. The summed E-state index contributed by atoms with van der Waals surface area (Å²) in [5, 5.41) is 3.35. The molecular weight excluding hydrogens is 328 g/mol. The van der Waals surface area contributed by atoms with E-state index < -0.39 is 0 Å². The lowest BCUT2D eigenvalue weighted by molar-refractivity contribution is 0.102. The third-order valence-corrected chi connectivity index (χ3v) is 4.17. The van der Waals surface area contributed by atoms with Gasteiger partial charge in [-0.05, 0) is 46.6 Å². The highest BCUT2D eigenvalue weighted by Crippen LogP contribution is 2.27. The first-order valence-electron chi connectivity index (χ1n) is 5.55. The Hall–Kier alpha value is -1.66. The molecular formula is C13H9BrN2O2S. The number of thiazole rings is 1. The second kappa shape index (κ2) is 4.79. The summed E-state index contributed by atoms with van der Waals surface area (Å²) < 4.78 is 6.51. The molecule has 1 amide bonds. The molecule has 6 heteroatoms. The van der Waals surface area contributed by atoms with E-state index in [2.05, 4.69) is 32.3 Å². The van der Waals surface area contributed by atoms with Crippen molar-refractivity contribution in [1.29, 1.82) is 0 Å². The van der Waals surface area contributed by atoms with Crippen LogP contribution in [0.5, 0.6) is 0 Å². The summed E-state index contributed by atoms with van der Waals surface area (Å²) in [6.07, 6.45) is 1.46. The van der Waals surface area contributed by atoms with Gasteiger partial charge in [0, 0.05) is 0 Å². The standard InChI is InChI=1S/C13H9BrN2O2S/c1-7-2-3-9-10(6-7)19-13(15-9)16-12(17)8-4-5-18-11(8)14/h2-6H,1H3,(H,15,16,17). The number of carbonyl (C=O) groups excluding carboxylic acids is 1. The molecule has 1 N–H and O–H groups in total. The molecule has 0 spiro atoms. The highest BCUT2D eigenvalue weighted by atomic mass is 79.9. The van der Waals surface area contributed by atoms with Crippen molar-refractivity contribution < 1.29 is 9.21 Å². The Morgan fingerprint density at radius 1 is 1.42 bits per heavy atom. The molecule has 19 heavy (non-hydrogen) atoms. The van der Waals surface area contributed by atoms with Crippen LogP contribution >= 0.6 is 27.3 Å². The van der Waals surface area contributed by atoms with Gasteiger partial charge in [-0.3, -0.25) is 10.1 Å². The topological polar surface area (TPSA) is 55.1 Å². The van der Waals surface area contributed by atoms with Crippen LogP contribution in [0.1, 0.15) is 15.9 Å². The maximum atomic E-state index is 12.0. The molecule has 96 valence electrons. The Balaban J connectivity index is 1.89. The van der Waals surface area contributed by atoms with E-state index in [0.29, 0.717) is 15.4 Å². The lowest BCUT2D eigenvalue weighted by atomic mass is 10.2. The Labute approximate surface area is 121 Å². The van der Waals surface area contributed by atoms with Gasteiger partial charge in [-0.15, -0.1) is 0 Å². The zero-order valence-corrected chi connectivity index (χ0v) is 12.3. The summed E-state index contributed by atoms with van der Waals surface area (Å²) in [4.78, 5) is 16.4. The van der Waals surface area contributed by atoms with E-state index in [1.54, 1.807) is 6.07 Å². The van der Waals surface area contributed by atoms with Gasteiger partial charge in [0.1, 0.15) is 0 Å². The first-order chi connectivity index (χ1) is 9.13. The number of fused-ring (bicyclic) bond motifs is 1. The van der Waals surface area contributed by atoms with Crippen LogP contribution in [0.25, 0.3) is 10.2 Å². The fourth-order valence-electron chi connectivity index (χ4n) is 1.71. The SMILES string of the molecule is Cc1ccc2nc(NC(=O)c3ccoc3Br)sc2c1. The molecule has 3 rings (SSSR count). The zero-order chi connectivity index (χ0) is 13.4. The Kier molecular flexibility index (Phi) is 3.12. The summed E-state index contributed by atoms with van der Waals surface area (Å²) in [6.45, 7) is 2.03. The van der Waals surface area contributed by atoms with Crippen molar-refractivity contribution in [3.8, 4) is 0 Å². The van der Waals surface area contributed by atoms with Crippen LogP contribution in [-0.2, 0) is 0 Å². The number of nitrogens with zero attached hydrogens (tertiary/aromatic N) is 1. The number of hydrogen-bond acceptors (Lipinski definition) is 4. The van der Waals surface area contributed by atoms with Crippen molar-refractivity contribution >= 4 is 48.5 Å². The number of halogens is 1. The predicted octanol–water partition coefficient (Wildman–Crippen LogP) is 4.21. The van der Waals surface area contributed by atoms with E-state index in [-0.39, 0.29) is 5.91 Å². The molecule has 0 aliphatic carbocycles. The molecule has 1 aromatic carbocycles. The van der Waals surface area contributed by atoms with Crippen LogP contribution in [0, 0.1) is 6.92 Å². The minimum absolute atomic E-state index is 0.239. The molecule has 2 heterocycles. The third kappa shape index (κ3) is 2.41. The number of furan rings is 1. The number of hydrogen-bond donors (Lipinski definition) is 1. The molecule has 0 saturated carbocycles. The average Bonchev–Trinajstić information content (AvgIpc) is 2.94. The van der Waals surface area contributed by atoms with E-state index >= 15 is 0 Å². The zero-order valence-electron chi connectivity index (χ0n) is 9.94. The Morgan fingerprint density at radius 3 is 3.00 bits per heavy atom. The van der Waals surface area contributed by atoms with Crippen molar-refractivity contribution in [3.05, 3.63) is 46.3 Å². The first-order valence-corrected chi connectivity index (χ1v) is 7.16. The number of nitrogens with one attached hydrogen (secondary N) is 1. The van der Waals surface area contributed by atoms with Gasteiger partial charge < -0.3 is 4.42 Å². The number of carbonyl (C=O) groups is 1. The molecule has 3 aromatic rings. The van der Waals surface area contributed by atoms with Crippen LogP contribution in [0.15, 0.2) is 39.6 Å². The molecule has 4 nitrogen and oxygen atoms in total.